The lowest BCUT2D eigenvalue weighted by atomic mass is 10.2. The normalized spacial score (nSPS) is 13.5. The minimum Gasteiger partial charge on any atom is -0.480 e. The summed E-state index contributed by atoms with van der Waals surface area (Å²) >= 11 is 0. The van der Waals surface area contributed by atoms with Gasteiger partial charge >= 0.3 is 5.97 Å². The molecule has 0 fully saturated rings. The molecule has 5 nitrogen and oxygen atoms in total. The Morgan fingerprint density at radius 1 is 1.54 bits per heavy atom. The zero-order valence-electron chi connectivity index (χ0n) is 8.27. The Morgan fingerprint density at radius 3 is 2.23 bits per heavy atom. The molecule has 0 heterocycles. The van der Waals surface area contributed by atoms with E-state index in [4.69, 9.17) is 9.94 Å². The van der Waals surface area contributed by atoms with Crippen LogP contribution in [-0.4, -0.2) is 34.2 Å². The van der Waals surface area contributed by atoms with Gasteiger partial charge in [0.25, 0.3) is 0 Å². The van der Waals surface area contributed by atoms with Crippen molar-refractivity contribution in [3.8, 4) is 0 Å². The van der Waals surface area contributed by atoms with E-state index in [1.807, 2.05) is 0 Å². The first-order valence-electron chi connectivity index (χ1n) is 3.93. The lowest BCUT2D eigenvalue weighted by Crippen LogP contribution is -2.42. The van der Waals surface area contributed by atoms with Crippen molar-refractivity contribution < 1.29 is 19.5 Å². The standard InChI is InChI=1S/C8H15NO4/c1-6(7(11)12)9(5-10)13-8(2,3)4/h5-6H,1-4H3,(H,11,12)/t6-/m0/s1. The first kappa shape index (κ1) is 11.9. The summed E-state index contributed by atoms with van der Waals surface area (Å²) in [6, 6.07) is -0.975. The summed E-state index contributed by atoms with van der Waals surface area (Å²) in [6.07, 6.45) is 0.365. The molecule has 0 aliphatic heterocycles. The molecule has 0 aromatic carbocycles. The summed E-state index contributed by atoms with van der Waals surface area (Å²) in [6.45, 7) is 6.58. The van der Waals surface area contributed by atoms with E-state index in [0.29, 0.717) is 6.41 Å². The van der Waals surface area contributed by atoms with Crippen molar-refractivity contribution in [1.29, 1.82) is 0 Å². The van der Waals surface area contributed by atoms with Gasteiger partial charge in [-0.15, -0.1) is 0 Å². The molecule has 76 valence electrons. The van der Waals surface area contributed by atoms with Crippen LogP contribution in [0.2, 0.25) is 0 Å². The van der Waals surface area contributed by atoms with Crippen molar-refractivity contribution in [2.45, 2.75) is 39.3 Å². The highest BCUT2D eigenvalue weighted by Gasteiger charge is 2.24. The fraction of sp³-hybridized carbons (Fsp3) is 0.750. The Balaban J connectivity index is 4.35. The van der Waals surface area contributed by atoms with Crippen LogP contribution in [-0.2, 0) is 14.4 Å². The second-order valence-electron chi connectivity index (χ2n) is 3.68. The SMILES string of the molecule is C[C@@H](C(=O)O)N(C=O)OC(C)(C)C. The molecule has 0 aromatic heterocycles. The van der Waals surface area contributed by atoms with Crippen molar-refractivity contribution in [2.75, 3.05) is 0 Å². The Bertz CT molecular complexity index is 197. The Labute approximate surface area is 77.2 Å². The fourth-order valence-electron chi connectivity index (χ4n) is 0.617. The number of nitrogens with zero attached hydrogens (tertiary/aromatic N) is 1. The zero-order chi connectivity index (χ0) is 10.6. The number of amides is 1. The van der Waals surface area contributed by atoms with Crippen LogP contribution in [0.4, 0.5) is 0 Å². The van der Waals surface area contributed by atoms with Crippen molar-refractivity contribution in [3.05, 3.63) is 0 Å². The van der Waals surface area contributed by atoms with Crippen LogP contribution >= 0.6 is 0 Å². The minimum atomic E-state index is -1.10. The van der Waals surface area contributed by atoms with E-state index in [9.17, 15) is 9.59 Å². The molecule has 0 aromatic rings. The maximum atomic E-state index is 10.5. The molecule has 0 unspecified atom stereocenters. The smallest absolute Gasteiger partial charge is 0.328 e. The summed E-state index contributed by atoms with van der Waals surface area (Å²) in [7, 11) is 0. The summed E-state index contributed by atoms with van der Waals surface area (Å²) < 4.78 is 0. The third-order valence-electron chi connectivity index (χ3n) is 1.22. The molecule has 0 radical (unpaired) electrons. The number of hydrogen-bond acceptors (Lipinski definition) is 3. The molecule has 0 saturated heterocycles. The second kappa shape index (κ2) is 4.23. The van der Waals surface area contributed by atoms with E-state index in [0.717, 1.165) is 5.06 Å². The van der Waals surface area contributed by atoms with E-state index in [2.05, 4.69) is 0 Å². The maximum absolute atomic E-state index is 10.5. The van der Waals surface area contributed by atoms with Gasteiger partial charge in [0.1, 0.15) is 0 Å². The molecule has 1 amide bonds. The van der Waals surface area contributed by atoms with Crippen molar-refractivity contribution in [1.82, 2.24) is 5.06 Å². The quantitative estimate of drug-likeness (QED) is 0.520. The number of carboxylic acids is 1. The van der Waals surface area contributed by atoms with Crippen molar-refractivity contribution >= 4 is 12.4 Å². The summed E-state index contributed by atoms with van der Waals surface area (Å²) in [4.78, 5) is 26.1. The predicted molar refractivity (Wildman–Crippen MR) is 45.8 cm³/mol. The third kappa shape index (κ3) is 4.47. The lowest BCUT2D eigenvalue weighted by molar-refractivity contribution is -0.232. The van der Waals surface area contributed by atoms with E-state index in [1.54, 1.807) is 20.8 Å². The Hall–Kier alpha value is -1.10. The van der Waals surface area contributed by atoms with Gasteiger partial charge in [-0.3, -0.25) is 9.63 Å². The highest BCUT2D eigenvalue weighted by Crippen LogP contribution is 2.11. The molecule has 5 heteroatoms. The van der Waals surface area contributed by atoms with Crippen LogP contribution in [0, 0.1) is 0 Å². The highest BCUT2D eigenvalue weighted by atomic mass is 16.7. The predicted octanol–water partition coefficient (Wildman–Crippen LogP) is 0.648. The molecule has 0 saturated carbocycles. The zero-order valence-corrected chi connectivity index (χ0v) is 8.27. The van der Waals surface area contributed by atoms with Crippen molar-refractivity contribution in [3.63, 3.8) is 0 Å². The number of carboxylic acid groups (broad SMARTS) is 1. The van der Waals surface area contributed by atoms with Crippen LogP contribution in [0.1, 0.15) is 27.7 Å². The maximum Gasteiger partial charge on any atom is 0.328 e. The Kier molecular flexibility index (Phi) is 3.87. The number of hydroxylamine groups is 2. The van der Waals surface area contributed by atoms with Gasteiger partial charge in [0.2, 0.25) is 6.41 Å². The molecule has 0 rings (SSSR count). The van der Waals surface area contributed by atoms with E-state index >= 15 is 0 Å². The summed E-state index contributed by atoms with van der Waals surface area (Å²) in [5.41, 5.74) is -0.579. The van der Waals surface area contributed by atoms with Gasteiger partial charge in [-0.1, -0.05) is 0 Å². The van der Waals surface area contributed by atoms with Gasteiger partial charge in [-0.2, -0.15) is 0 Å². The molecule has 0 aliphatic carbocycles. The molecular weight excluding hydrogens is 174 g/mol. The monoisotopic (exact) mass is 189 g/mol. The molecule has 13 heavy (non-hydrogen) atoms. The number of carbonyl (C=O) groups excluding carboxylic acids is 1. The van der Waals surface area contributed by atoms with E-state index in [1.165, 1.54) is 6.92 Å². The third-order valence-corrected chi connectivity index (χ3v) is 1.22. The van der Waals surface area contributed by atoms with Gasteiger partial charge in [0, 0.05) is 0 Å². The number of rotatable bonds is 4. The van der Waals surface area contributed by atoms with Crippen LogP contribution in [0.25, 0.3) is 0 Å². The summed E-state index contributed by atoms with van der Waals surface area (Å²) in [5.74, 6) is -1.10. The molecule has 0 aliphatic rings. The van der Waals surface area contributed by atoms with Crippen LogP contribution < -0.4 is 0 Å². The molecule has 1 N–H and O–H groups in total. The highest BCUT2D eigenvalue weighted by molar-refractivity contribution is 5.75. The Morgan fingerprint density at radius 2 is 2.00 bits per heavy atom. The average molecular weight is 189 g/mol. The van der Waals surface area contributed by atoms with Crippen LogP contribution in [0.15, 0.2) is 0 Å². The van der Waals surface area contributed by atoms with Crippen LogP contribution in [0.5, 0.6) is 0 Å². The van der Waals surface area contributed by atoms with E-state index < -0.39 is 17.6 Å². The van der Waals surface area contributed by atoms with Gasteiger partial charge in [0.05, 0.1) is 5.60 Å². The van der Waals surface area contributed by atoms with E-state index in [-0.39, 0.29) is 0 Å². The minimum absolute atomic E-state index is 0.365. The van der Waals surface area contributed by atoms with Gasteiger partial charge < -0.3 is 5.11 Å². The number of hydrogen-bond donors (Lipinski definition) is 1. The first-order chi connectivity index (χ1) is 5.78. The summed E-state index contributed by atoms with van der Waals surface area (Å²) in [5, 5.41) is 9.39. The average Bonchev–Trinajstić information content (AvgIpc) is 1.97. The number of aliphatic carboxylic acids is 1. The van der Waals surface area contributed by atoms with Gasteiger partial charge in [0.15, 0.2) is 6.04 Å². The number of carbonyl (C=O) groups is 2. The fourth-order valence-corrected chi connectivity index (χ4v) is 0.617. The molecular formula is C8H15NO4. The topological polar surface area (TPSA) is 66.8 Å². The van der Waals surface area contributed by atoms with Gasteiger partial charge in [-0.25, -0.2) is 9.86 Å². The lowest BCUT2D eigenvalue weighted by Gasteiger charge is -2.28. The van der Waals surface area contributed by atoms with Crippen LogP contribution in [0.3, 0.4) is 0 Å². The molecule has 0 spiro atoms. The second-order valence-corrected chi connectivity index (χ2v) is 3.68. The largest absolute Gasteiger partial charge is 0.480 e. The van der Waals surface area contributed by atoms with Crippen molar-refractivity contribution in [2.24, 2.45) is 0 Å². The molecule has 1 atom stereocenters. The molecule has 0 bridgehead atoms. The van der Waals surface area contributed by atoms with Gasteiger partial charge in [-0.05, 0) is 27.7 Å². The first-order valence-corrected chi connectivity index (χ1v) is 3.93.